The number of hydrogen-bond acceptors (Lipinski definition) is 6. The predicted octanol–water partition coefficient (Wildman–Crippen LogP) is 4.05. The van der Waals surface area contributed by atoms with Crippen LogP contribution in [0, 0.1) is 0 Å². The van der Waals surface area contributed by atoms with E-state index in [-0.39, 0.29) is 12.1 Å². The van der Waals surface area contributed by atoms with E-state index in [0.29, 0.717) is 29.0 Å². The second-order valence-corrected chi connectivity index (χ2v) is 6.00. The maximum Gasteiger partial charge on any atom is 0.454 e. The summed E-state index contributed by atoms with van der Waals surface area (Å²) in [5, 5.41) is 0. The van der Waals surface area contributed by atoms with Crippen molar-refractivity contribution in [2.75, 3.05) is 32.8 Å². The average molecular weight is 423 g/mol. The van der Waals surface area contributed by atoms with Crippen molar-refractivity contribution in [2.24, 2.45) is 0 Å². The molecule has 0 radical (unpaired) electrons. The van der Waals surface area contributed by atoms with Crippen LogP contribution in [0.5, 0.6) is 17.2 Å². The van der Waals surface area contributed by atoms with Gasteiger partial charge in [0, 0.05) is 23.5 Å². The molecular weight excluding hydrogens is 403 g/mol. The number of carbonyl (C=O) groups is 2. The van der Waals surface area contributed by atoms with E-state index >= 15 is 0 Å². The summed E-state index contributed by atoms with van der Waals surface area (Å²) in [4.78, 5) is 25.2. The van der Waals surface area contributed by atoms with Gasteiger partial charge in [0.05, 0.1) is 27.9 Å². The first-order chi connectivity index (χ1) is 14.2. The van der Waals surface area contributed by atoms with E-state index in [1.54, 1.807) is 30.3 Å². The number of ketones is 2. The van der Waals surface area contributed by atoms with E-state index in [0.717, 1.165) is 6.20 Å². The van der Waals surface area contributed by atoms with Crippen molar-refractivity contribution in [3.63, 3.8) is 0 Å². The van der Waals surface area contributed by atoms with Gasteiger partial charge in [-0.1, -0.05) is 0 Å². The maximum absolute atomic E-state index is 12.8. The lowest BCUT2D eigenvalue weighted by Crippen LogP contribution is -2.26. The van der Waals surface area contributed by atoms with Crippen LogP contribution in [0.4, 0.5) is 18.9 Å². The Balaban J connectivity index is 2.32. The molecule has 6 nitrogen and oxygen atoms in total. The molecule has 0 aromatic heterocycles. The first kappa shape index (κ1) is 22.8. The van der Waals surface area contributed by atoms with Gasteiger partial charge in [0.1, 0.15) is 5.75 Å². The van der Waals surface area contributed by atoms with Gasteiger partial charge in [-0.2, -0.15) is 13.2 Å². The Kier molecular flexibility index (Phi) is 7.46. The first-order valence-corrected chi connectivity index (χ1v) is 8.65. The number of rotatable bonds is 9. The number of benzene rings is 2. The number of alkyl halides is 3. The Morgan fingerprint density at radius 3 is 2.10 bits per heavy atom. The average Bonchev–Trinajstić information content (AvgIpc) is 2.75. The van der Waals surface area contributed by atoms with Gasteiger partial charge in [-0.05, 0) is 42.5 Å². The topological polar surface area (TPSA) is 65.1 Å². The molecule has 0 saturated carbocycles. The van der Waals surface area contributed by atoms with Gasteiger partial charge in [-0.3, -0.25) is 9.59 Å². The van der Waals surface area contributed by atoms with Crippen molar-refractivity contribution in [1.29, 1.82) is 0 Å². The van der Waals surface area contributed by atoms with Gasteiger partial charge in [-0.15, -0.1) is 0 Å². The first-order valence-electron chi connectivity index (χ1n) is 8.65. The van der Waals surface area contributed by atoms with Crippen LogP contribution < -0.4 is 19.1 Å². The van der Waals surface area contributed by atoms with Crippen LogP contribution >= 0.6 is 0 Å². The molecule has 0 atom stereocenters. The number of halogens is 3. The molecular formula is C21H20F3NO5. The van der Waals surface area contributed by atoms with E-state index in [2.05, 4.69) is 0 Å². The smallest absolute Gasteiger partial charge is 0.454 e. The summed E-state index contributed by atoms with van der Waals surface area (Å²) in [6, 6.07) is 10.8. The number of ether oxygens (including phenoxy) is 3. The third-order valence-corrected chi connectivity index (χ3v) is 4.11. The Hall–Kier alpha value is -3.49. The van der Waals surface area contributed by atoms with E-state index in [1.807, 2.05) is 0 Å². The molecule has 30 heavy (non-hydrogen) atoms. The molecule has 9 heteroatoms. The highest BCUT2D eigenvalue weighted by Gasteiger charge is 2.36. The molecule has 0 bridgehead atoms. The Morgan fingerprint density at radius 2 is 1.57 bits per heavy atom. The fourth-order valence-electron chi connectivity index (χ4n) is 2.51. The van der Waals surface area contributed by atoms with Crippen LogP contribution in [-0.2, 0) is 4.79 Å². The van der Waals surface area contributed by atoms with Crippen LogP contribution in [0.25, 0.3) is 0 Å². The summed E-state index contributed by atoms with van der Waals surface area (Å²) in [5.41, 5.74) is 0.664. The lowest BCUT2D eigenvalue weighted by Gasteiger charge is -2.20. The number of anilines is 1. The molecule has 0 unspecified atom stereocenters. The van der Waals surface area contributed by atoms with Crippen molar-refractivity contribution in [1.82, 2.24) is 0 Å². The number of nitrogens with zero attached hydrogens (tertiary/aromatic N) is 1. The summed E-state index contributed by atoms with van der Waals surface area (Å²) in [7, 11) is 4.34. The molecule has 0 heterocycles. The normalized spacial score (nSPS) is 11.3. The van der Waals surface area contributed by atoms with E-state index in [9.17, 15) is 22.8 Å². The third kappa shape index (κ3) is 5.76. The number of methoxy groups -OCH3 is 3. The Morgan fingerprint density at radius 1 is 0.933 bits per heavy atom. The van der Waals surface area contributed by atoms with E-state index in [1.165, 1.54) is 38.4 Å². The molecule has 0 saturated heterocycles. The SMILES string of the molecule is COc1ccc(N(/C=C/C(=O)C(F)(F)F)CC(=O)c2ccc(OC)c(OC)c2)cc1. The Bertz CT molecular complexity index is 923. The number of hydrogen-bond donors (Lipinski definition) is 0. The molecule has 0 amide bonds. The number of allylic oxidation sites excluding steroid dienone is 1. The molecule has 0 spiro atoms. The highest BCUT2D eigenvalue weighted by Crippen LogP contribution is 2.28. The van der Waals surface area contributed by atoms with Crippen molar-refractivity contribution in [3.8, 4) is 17.2 Å². The molecule has 2 rings (SSSR count). The predicted molar refractivity (Wildman–Crippen MR) is 104 cm³/mol. The zero-order chi connectivity index (χ0) is 22.3. The van der Waals surface area contributed by atoms with E-state index < -0.39 is 17.7 Å². The van der Waals surface area contributed by atoms with Crippen LogP contribution in [0.2, 0.25) is 0 Å². The Labute approximate surface area is 171 Å². The van der Waals surface area contributed by atoms with Crippen molar-refractivity contribution < 1.29 is 37.0 Å². The highest BCUT2D eigenvalue weighted by atomic mass is 19.4. The largest absolute Gasteiger partial charge is 0.497 e. The lowest BCUT2D eigenvalue weighted by molar-refractivity contribution is -0.165. The molecule has 0 fully saturated rings. The van der Waals surface area contributed by atoms with Crippen LogP contribution in [0.3, 0.4) is 0 Å². The summed E-state index contributed by atoms with van der Waals surface area (Å²) < 4.78 is 53.0. The van der Waals surface area contributed by atoms with Crippen LogP contribution in [0.1, 0.15) is 10.4 Å². The minimum atomic E-state index is -5.00. The number of carbonyl (C=O) groups excluding carboxylic acids is 2. The zero-order valence-corrected chi connectivity index (χ0v) is 16.5. The van der Waals surface area contributed by atoms with Gasteiger partial charge in [0.15, 0.2) is 17.3 Å². The molecule has 160 valence electrons. The van der Waals surface area contributed by atoms with Crippen LogP contribution in [0.15, 0.2) is 54.7 Å². The molecule has 2 aromatic carbocycles. The maximum atomic E-state index is 12.8. The molecule has 0 aliphatic heterocycles. The molecule has 0 aliphatic carbocycles. The summed E-state index contributed by atoms with van der Waals surface area (Å²) >= 11 is 0. The molecule has 0 N–H and O–H groups in total. The standard InChI is InChI=1S/C21H20F3NO5/c1-28-16-7-5-15(6-8-16)25(11-10-20(27)21(22,23)24)13-17(26)14-4-9-18(29-2)19(12-14)30-3/h4-12H,13H2,1-3H3/b11-10+. The summed E-state index contributed by atoms with van der Waals surface area (Å²) in [6.07, 6.45) is -3.70. The minimum Gasteiger partial charge on any atom is -0.497 e. The summed E-state index contributed by atoms with van der Waals surface area (Å²) in [5.74, 6) is -1.14. The van der Waals surface area contributed by atoms with Crippen molar-refractivity contribution in [3.05, 3.63) is 60.3 Å². The van der Waals surface area contributed by atoms with Gasteiger partial charge in [0.2, 0.25) is 0 Å². The fourth-order valence-corrected chi connectivity index (χ4v) is 2.51. The van der Waals surface area contributed by atoms with Gasteiger partial charge in [-0.25, -0.2) is 0 Å². The van der Waals surface area contributed by atoms with Crippen LogP contribution in [-0.4, -0.2) is 45.6 Å². The minimum absolute atomic E-state index is 0.265. The second kappa shape index (κ2) is 9.82. The quantitative estimate of drug-likeness (QED) is 0.448. The second-order valence-electron chi connectivity index (χ2n) is 6.00. The van der Waals surface area contributed by atoms with Gasteiger partial charge < -0.3 is 19.1 Å². The molecule has 0 aliphatic rings. The van der Waals surface area contributed by atoms with Gasteiger partial charge >= 0.3 is 6.18 Å². The van der Waals surface area contributed by atoms with Gasteiger partial charge in [0.25, 0.3) is 5.78 Å². The monoisotopic (exact) mass is 423 g/mol. The zero-order valence-electron chi connectivity index (χ0n) is 16.5. The summed E-state index contributed by atoms with van der Waals surface area (Å²) in [6.45, 7) is -0.316. The molecule has 2 aromatic rings. The third-order valence-electron chi connectivity index (χ3n) is 4.11. The van der Waals surface area contributed by atoms with E-state index in [4.69, 9.17) is 14.2 Å². The van der Waals surface area contributed by atoms with Crippen molar-refractivity contribution >= 4 is 17.3 Å². The van der Waals surface area contributed by atoms with Crippen molar-refractivity contribution in [2.45, 2.75) is 6.18 Å². The lowest BCUT2D eigenvalue weighted by atomic mass is 10.1. The number of Topliss-reactive ketones (excluding diaryl/α,β-unsaturated/α-hetero) is 1. The highest BCUT2D eigenvalue weighted by molar-refractivity contribution is 6.00. The fraction of sp³-hybridized carbons (Fsp3) is 0.238.